The van der Waals surface area contributed by atoms with Crippen molar-refractivity contribution in [3.8, 4) is 0 Å². The summed E-state index contributed by atoms with van der Waals surface area (Å²) in [7, 11) is 0. The average Bonchev–Trinajstić information content (AvgIpc) is 2.81. The van der Waals surface area contributed by atoms with Crippen LogP contribution in [0.25, 0.3) is 0 Å². The highest BCUT2D eigenvalue weighted by Crippen LogP contribution is 2.48. The Morgan fingerprint density at radius 1 is 0.677 bits per heavy atom. The molecule has 0 amide bonds. The van der Waals surface area contributed by atoms with Gasteiger partial charge in [-0.3, -0.25) is 0 Å². The summed E-state index contributed by atoms with van der Waals surface area (Å²) < 4.78 is -1.06. The van der Waals surface area contributed by atoms with E-state index in [1.54, 1.807) is 11.8 Å². The van der Waals surface area contributed by atoms with Crippen molar-refractivity contribution in [2.75, 3.05) is 24.7 Å². The fourth-order valence-corrected chi connectivity index (χ4v) is 4.27. The first-order valence-corrected chi connectivity index (χ1v) is 12.5. The molecule has 0 aromatic heterocycles. The summed E-state index contributed by atoms with van der Waals surface area (Å²) in [4.78, 5) is 0. The van der Waals surface area contributed by atoms with Gasteiger partial charge in [0.1, 0.15) is 0 Å². The summed E-state index contributed by atoms with van der Waals surface area (Å²) in [5.74, 6) is 1.25. The first-order valence-electron chi connectivity index (χ1n) is 9.58. The SMILES string of the molecule is ClC(Cl)Cl.OCCS.OCCSC(c1ccccc1)(c1ccccc1)c1ccccc1. The Morgan fingerprint density at radius 3 is 1.19 bits per heavy atom. The number of aliphatic hydroxyl groups excluding tert-OH is 2. The lowest BCUT2D eigenvalue weighted by molar-refractivity contribution is 0.322. The van der Waals surface area contributed by atoms with E-state index < -0.39 is 4.30 Å². The summed E-state index contributed by atoms with van der Waals surface area (Å²) in [5.41, 5.74) is 3.70. The Morgan fingerprint density at radius 2 is 0.968 bits per heavy atom. The molecule has 0 saturated carbocycles. The molecule has 0 aliphatic heterocycles. The summed E-state index contributed by atoms with van der Waals surface area (Å²) in [6, 6.07) is 31.6. The predicted octanol–water partition coefficient (Wildman–Crippen LogP) is 6.60. The molecule has 0 saturated heterocycles. The first-order chi connectivity index (χ1) is 15.0. The Hall–Kier alpha value is -0.850. The van der Waals surface area contributed by atoms with Gasteiger partial charge in [-0.15, -0.1) is 11.8 Å². The van der Waals surface area contributed by atoms with E-state index in [1.807, 2.05) is 18.2 Å². The summed E-state index contributed by atoms with van der Waals surface area (Å²) in [6.07, 6.45) is 0. The molecule has 3 aromatic carbocycles. The number of thioether (sulfide) groups is 1. The molecule has 168 valence electrons. The molecule has 2 nitrogen and oxygen atoms in total. The molecule has 0 spiro atoms. The van der Waals surface area contributed by atoms with Crippen LogP contribution in [0.4, 0.5) is 0 Å². The van der Waals surface area contributed by atoms with Gasteiger partial charge in [0.05, 0.1) is 18.0 Å². The molecule has 3 aromatic rings. The molecule has 31 heavy (non-hydrogen) atoms. The van der Waals surface area contributed by atoms with E-state index in [-0.39, 0.29) is 18.0 Å². The van der Waals surface area contributed by atoms with Gasteiger partial charge in [0.25, 0.3) is 0 Å². The molecule has 2 N–H and O–H groups in total. The van der Waals surface area contributed by atoms with Crippen LogP contribution in [0.1, 0.15) is 16.7 Å². The number of thiol groups is 1. The molecule has 0 radical (unpaired) electrons. The average molecular weight is 518 g/mol. The number of benzene rings is 3. The van der Waals surface area contributed by atoms with Crippen LogP contribution in [0.15, 0.2) is 91.0 Å². The second-order valence-corrected chi connectivity index (χ2v) is 9.78. The second-order valence-electron chi connectivity index (χ2n) is 6.05. The highest BCUT2D eigenvalue weighted by atomic mass is 35.6. The predicted molar refractivity (Wildman–Crippen MR) is 141 cm³/mol. The quantitative estimate of drug-likeness (QED) is 0.188. The van der Waals surface area contributed by atoms with E-state index in [2.05, 4.69) is 85.4 Å². The van der Waals surface area contributed by atoms with Crippen molar-refractivity contribution in [1.82, 2.24) is 0 Å². The van der Waals surface area contributed by atoms with Crippen LogP contribution in [0.3, 0.4) is 0 Å². The summed E-state index contributed by atoms with van der Waals surface area (Å²) >= 11 is 19.9. The molecule has 0 aliphatic rings. The molecule has 0 unspecified atom stereocenters. The molecule has 0 fully saturated rings. The van der Waals surface area contributed by atoms with Crippen molar-refractivity contribution >= 4 is 59.2 Å². The molecule has 0 bridgehead atoms. The van der Waals surface area contributed by atoms with Crippen LogP contribution in [0, 0.1) is 0 Å². The summed E-state index contributed by atoms with van der Waals surface area (Å²) in [6.45, 7) is 0.349. The van der Waals surface area contributed by atoms with Gasteiger partial charge >= 0.3 is 0 Å². The topological polar surface area (TPSA) is 40.5 Å². The van der Waals surface area contributed by atoms with Crippen molar-refractivity contribution in [2.45, 2.75) is 9.04 Å². The smallest absolute Gasteiger partial charge is 0.180 e. The third kappa shape index (κ3) is 9.67. The molecular weight excluding hydrogens is 491 g/mol. The minimum atomic E-state index is -0.750. The molecule has 3 rings (SSSR count). The Kier molecular flexibility index (Phi) is 15.2. The zero-order chi connectivity index (χ0) is 23.0. The van der Waals surface area contributed by atoms with Crippen molar-refractivity contribution in [1.29, 1.82) is 0 Å². The molecule has 0 heterocycles. The van der Waals surface area contributed by atoms with Gasteiger partial charge in [0.2, 0.25) is 0 Å². The van der Waals surface area contributed by atoms with Crippen molar-refractivity contribution < 1.29 is 10.2 Å². The van der Waals surface area contributed by atoms with Gasteiger partial charge < -0.3 is 10.2 Å². The number of hydrogen-bond donors (Lipinski definition) is 3. The molecule has 0 aliphatic carbocycles. The van der Waals surface area contributed by atoms with Gasteiger partial charge in [0.15, 0.2) is 4.30 Å². The number of aliphatic hydroxyl groups is 2. The van der Waals surface area contributed by atoms with E-state index >= 15 is 0 Å². The van der Waals surface area contributed by atoms with Crippen molar-refractivity contribution in [3.63, 3.8) is 0 Å². The van der Waals surface area contributed by atoms with Gasteiger partial charge in [-0.05, 0) is 16.7 Å². The maximum absolute atomic E-state index is 9.45. The van der Waals surface area contributed by atoms with Crippen LogP contribution in [0.5, 0.6) is 0 Å². The third-order valence-corrected chi connectivity index (χ3v) is 5.78. The molecule has 7 heteroatoms. The van der Waals surface area contributed by atoms with Gasteiger partial charge in [0, 0.05) is 11.5 Å². The normalized spacial score (nSPS) is 10.5. The lowest BCUT2D eigenvalue weighted by Gasteiger charge is -2.35. The number of halogens is 3. The second kappa shape index (κ2) is 16.7. The standard InChI is InChI=1S/C21H20OS.C2H6OS.CHCl3/c22-16-17-23-21(18-10-4-1-5-11-18,19-12-6-2-7-13-19)20-14-8-3-9-15-20;3-1-2-4;2-1(3)4/h1-15,22H,16-17H2;3-4H,1-2H2;1H. The fraction of sp³-hybridized carbons (Fsp3) is 0.250. The number of alkyl halides is 3. The van der Waals surface area contributed by atoms with Crippen LogP contribution in [0.2, 0.25) is 0 Å². The highest BCUT2D eigenvalue weighted by Gasteiger charge is 2.36. The minimum absolute atomic E-state index is 0.166. The van der Waals surface area contributed by atoms with Gasteiger partial charge in [-0.1, -0.05) is 126 Å². The van der Waals surface area contributed by atoms with Gasteiger partial charge in [-0.2, -0.15) is 12.6 Å². The summed E-state index contributed by atoms with van der Waals surface area (Å²) in [5, 5.41) is 17.2. The Balaban J connectivity index is 0.000000519. The maximum atomic E-state index is 9.45. The minimum Gasteiger partial charge on any atom is -0.396 e. The monoisotopic (exact) mass is 516 g/mol. The third-order valence-electron chi connectivity index (χ3n) is 4.05. The van der Waals surface area contributed by atoms with Crippen molar-refractivity contribution in [2.24, 2.45) is 0 Å². The van der Waals surface area contributed by atoms with Crippen LogP contribution >= 0.6 is 59.2 Å². The Labute approximate surface area is 210 Å². The van der Waals surface area contributed by atoms with Crippen LogP contribution in [-0.4, -0.2) is 39.2 Å². The lowest BCUT2D eigenvalue weighted by atomic mass is 9.84. The zero-order valence-corrected chi connectivity index (χ0v) is 20.9. The van der Waals surface area contributed by atoms with E-state index in [4.69, 9.17) is 39.9 Å². The Bertz CT molecular complexity index is 705. The van der Waals surface area contributed by atoms with E-state index in [0.29, 0.717) is 11.5 Å². The first kappa shape index (κ1) is 28.2. The van der Waals surface area contributed by atoms with E-state index in [1.165, 1.54) is 16.7 Å². The largest absolute Gasteiger partial charge is 0.396 e. The fourth-order valence-electron chi connectivity index (χ4n) is 2.97. The van der Waals surface area contributed by atoms with E-state index in [0.717, 1.165) is 0 Å². The highest BCUT2D eigenvalue weighted by molar-refractivity contribution is 8.00. The lowest BCUT2D eigenvalue weighted by Crippen LogP contribution is -2.26. The maximum Gasteiger partial charge on any atom is 0.180 e. The van der Waals surface area contributed by atoms with Crippen LogP contribution < -0.4 is 0 Å². The van der Waals surface area contributed by atoms with Crippen LogP contribution in [-0.2, 0) is 4.75 Å². The van der Waals surface area contributed by atoms with E-state index in [9.17, 15) is 5.11 Å². The number of hydrogen-bond acceptors (Lipinski definition) is 4. The van der Waals surface area contributed by atoms with Crippen molar-refractivity contribution in [3.05, 3.63) is 108 Å². The van der Waals surface area contributed by atoms with Gasteiger partial charge in [-0.25, -0.2) is 0 Å². The number of rotatable bonds is 7. The zero-order valence-electron chi connectivity index (χ0n) is 16.9. The molecular formula is C24H27Cl3O2S2. The molecule has 0 atom stereocenters.